The smallest absolute Gasteiger partial charge is 0.245 e. The molecule has 2 heterocycles. The van der Waals surface area contributed by atoms with Gasteiger partial charge in [0.1, 0.15) is 0 Å². The lowest BCUT2D eigenvalue weighted by atomic mass is 10.3. The van der Waals surface area contributed by atoms with Gasteiger partial charge >= 0.3 is 0 Å². The van der Waals surface area contributed by atoms with E-state index in [1.54, 1.807) is 6.07 Å². The molecule has 23 heavy (non-hydrogen) atoms. The Kier molecular flexibility index (Phi) is 5.10. The molecule has 124 valence electrons. The first-order valence-corrected chi connectivity index (χ1v) is 9.13. The summed E-state index contributed by atoms with van der Waals surface area (Å²) in [6, 6.07) is 7.43. The fourth-order valence-corrected chi connectivity index (χ4v) is 4.24. The molecule has 0 saturated carbocycles. The quantitative estimate of drug-likeness (QED) is 0.520. The number of benzene rings is 1. The zero-order chi connectivity index (χ0) is 16.2. The van der Waals surface area contributed by atoms with E-state index in [1.165, 1.54) is 11.8 Å². The van der Waals surface area contributed by atoms with Crippen LogP contribution in [0.15, 0.2) is 29.2 Å². The van der Waals surface area contributed by atoms with Crippen LogP contribution in [0.3, 0.4) is 0 Å². The van der Waals surface area contributed by atoms with Gasteiger partial charge in [-0.3, -0.25) is 9.59 Å². The number of hydrogen-bond donors (Lipinski definition) is 1. The van der Waals surface area contributed by atoms with E-state index in [-0.39, 0.29) is 11.8 Å². The molecule has 0 spiro atoms. The molecule has 1 aromatic carbocycles. The van der Waals surface area contributed by atoms with E-state index in [0.717, 1.165) is 56.8 Å². The average Bonchev–Trinajstić information content (AvgIpc) is 3.26. The van der Waals surface area contributed by atoms with Crippen molar-refractivity contribution >= 4 is 29.3 Å². The Morgan fingerprint density at radius 3 is 1.87 bits per heavy atom. The molecule has 2 saturated heterocycles. The molecule has 1 aromatic rings. The van der Waals surface area contributed by atoms with Gasteiger partial charge < -0.3 is 15.5 Å². The number of hydrogen-bond acceptors (Lipinski definition) is 4. The molecule has 0 radical (unpaired) electrons. The number of nitrogens with zero attached hydrogens (tertiary/aromatic N) is 2. The molecule has 0 aromatic heterocycles. The normalized spacial score (nSPS) is 18.0. The van der Waals surface area contributed by atoms with Gasteiger partial charge in [-0.05, 0) is 37.8 Å². The van der Waals surface area contributed by atoms with Crippen LogP contribution in [-0.4, -0.2) is 53.0 Å². The third-order valence-corrected chi connectivity index (χ3v) is 5.71. The Labute approximate surface area is 141 Å². The first kappa shape index (κ1) is 16.2. The fourth-order valence-electron chi connectivity index (χ4n) is 3.13. The maximum Gasteiger partial charge on any atom is 0.245 e. The molecular formula is C17H23N3O2S. The Bertz CT molecular complexity index is 553. The number of para-hydroxylation sites is 1. The molecular weight excluding hydrogens is 310 g/mol. The van der Waals surface area contributed by atoms with Gasteiger partial charge in [-0.1, -0.05) is 12.1 Å². The van der Waals surface area contributed by atoms with Crippen LogP contribution < -0.4 is 5.73 Å². The Hall–Kier alpha value is -1.69. The van der Waals surface area contributed by atoms with E-state index in [1.807, 2.05) is 28.0 Å². The number of thioether (sulfide) groups is 1. The van der Waals surface area contributed by atoms with Crippen LogP contribution in [0.1, 0.15) is 25.7 Å². The molecule has 2 N–H and O–H groups in total. The largest absolute Gasteiger partial charge is 0.398 e. The second kappa shape index (κ2) is 7.25. The van der Waals surface area contributed by atoms with Crippen molar-refractivity contribution in [3.05, 3.63) is 24.3 Å². The zero-order valence-electron chi connectivity index (χ0n) is 13.2. The van der Waals surface area contributed by atoms with Crippen LogP contribution in [0.5, 0.6) is 0 Å². The Balaban J connectivity index is 1.81. The van der Waals surface area contributed by atoms with E-state index in [0.29, 0.717) is 5.69 Å². The molecule has 0 atom stereocenters. The minimum absolute atomic E-state index is 0.0624. The number of amides is 2. The second-order valence-corrected chi connectivity index (χ2v) is 7.25. The predicted molar refractivity (Wildman–Crippen MR) is 92.1 cm³/mol. The van der Waals surface area contributed by atoms with Crippen LogP contribution in [0.2, 0.25) is 0 Å². The Morgan fingerprint density at radius 1 is 0.913 bits per heavy atom. The second-order valence-electron chi connectivity index (χ2n) is 6.10. The standard InChI is InChI=1S/C17H23N3O2S/c18-13-7-1-2-8-14(13)23-15(16(21)19-9-3-4-10-19)17(22)20-11-5-6-12-20/h1-2,7-8,15H,3-6,9-12,18H2. The topological polar surface area (TPSA) is 66.6 Å². The summed E-state index contributed by atoms with van der Waals surface area (Å²) >= 11 is 1.30. The maximum atomic E-state index is 12.9. The molecule has 5 nitrogen and oxygen atoms in total. The van der Waals surface area contributed by atoms with Crippen LogP contribution in [0, 0.1) is 0 Å². The number of carbonyl (C=O) groups is 2. The summed E-state index contributed by atoms with van der Waals surface area (Å²) in [5, 5.41) is -0.712. The van der Waals surface area contributed by atoms with Gasteiger partial charge in [0.25, 0.3) is 0 Å². The molecule has 3 rings (SSSR count). The van der Waals surface area contributed by atoms with Crippen molar-refractivity contribution in [2.24, 2.45) is 0 Å². The molecule has 2 aliphatic heterocycles. The molecule has 2 amide bonds. The lowest BCUT2D eigenvalue weighted by Gasteiger charge is -2.26. The molecule has 0 aliphatic carbocycles. The van der Waals surface area contributed by atoms with Crippen molar-refractivity contribution in [1.29, 1.82) is 0 Å². The van der Waals surface area contributed by atoms with Crippen LogP contribution >= 0.6 is 11.8 Å². The number of nitrogens with two attached hydrogens (primary N) is 1. The van der Waals surface area contributed by atoms with Crippen molar-refractivity contribution in [1.82, 2.24) is 9.80 Å². The van der Waals surface area contributed by atoms with Gasteiger partial charge in [0, 0.05) is 36.8 Å². The van der Waals surface area contributed by atoms with Crippen LogP contribution in [0.25, 0.3) is 0 Å². The summed E-state index contributed by atoms with van der Waals surface area (Å²) in [5.74, 6) is -0.125. The van der Waals surface area contributed by atoms with Gasteiger partial charge in [0.15, 0.2) is 5.25 Å². The highest BCUT2D eigenvalue weighted by Gasteiger charge is 2.36. The predicted octanol–water partition coefficient (Wildman–Crippen LogP) is 1.97. The highest BCUT2D eigenvalue weighted by Crippen LogP contribution is 2.32. The summed E-state index contributed by atoms with van der Waals surface area (Å²) in [5.41, 5.74) is 6.62. The first-order chi connectivity index (χ1) is 11.2. The minimum atomic E-state index is -0.712. The van der Waals surface area contributed by atoms with Gasteiger partial charge in [-0.15, -0.1) is 11.8 Å². The maximum absolute atomic E-state index is 12.9. The number of likely N-dealkylation sites (tertiary alicyclic amines) is 2. The molecule has 0 unspecified atom stereocenters. The van der Waals surface area contributed by atoms with Crippen molar-refractivity contribution in [3.8, 4) is 0 Å². The van der Waals surface area contributed by atoms with E-state index in [2.05, 4.69) is 0 Å². The summed E-state index contributed by atoms with van der Waals surface area (Å²) in [4.78, 5) is 30.2. The number of anilines is 1. The highest BCUT2D eigenvalue weighted by molar-refractivity contribution is 8.01. The van der Waals surface area contributed by atoms with Crippen LogP contribution in [-0.2, 0) is 9.59 Å². The van der Waals surface area contributed by atoms with E-state index in [9.17, 15) is 9.59 Å². The van der Waals surface area contributed by atoms with Gasteiger partial charge in [-0.25, -0.2) is 0 Å². The van der Waals surface area contributed by atoms with Gasteiger partial charge in [0.05, 0.1) is 0 Å². The van der Waals surface area contributed by atoms with Crippen molar-refractivity contribution in [2.45, 2.75) is 35.8 Å². The van der Waals surface area contributed by atoms with Gasteiger partial charge in [0.2, 0.25) is 11.8 Å². The van der Waals surface area contributed by atoms with E-state index >= 15 is 0 Å². The molecule has 2 fully saturated rings. The van der Waals surface area contributed by atoms with Crippen molar-refractivity contribution < 1.29 is 9.59 Å². The monoisotopic (exact) mass is 333 g/mol. The Morgan fingerprint density at radius 2 is 1.39 bits per heavy atom. The SMILES string of the molecule is Nc1ccccc1SC(C(=O)N1CCCC1)C(=O)N1CCCC1. The summed E-state index contributed by atoms with van der Waals surface area (Å²) in [6.45, 7) is 3.03. The third kappa shape index (κ3) is 3.63. The first-order valence-electron chi connectivity index (χ1n) is 8.25. The molecule has 6 heteroatoms. The lowest BCUT2D eigenvalue weighted by molar-refractivity contribution is -0.138. The summed E-state index contributed by atoms with van der Waals surface area (Å²) in [6.07, 6.45) is 4.09. The van der Waals surface area contributed by atoms with E-state index < -0.39 is 5.25 Å². The summed E-state index contributed by atoms with van der Waals surface area (Å²) in [7, 11) is 0. The van der Waals surface area contributed by atoms with E-state index in [4.69, 9.17) is 5.73 Å². The third-order valence-electron chi connectivity index (χ3n) is 4.45. The van der Waals surface area contributed by atoms with Crippen molar-refractivity contribution in [3.63, 3.8) is 0 Å². The molecule has 0 bridgehead atoms. The minimum Gasteiger partial charge on any atom is -0.398 e. The summed E-state index contributed by atoms with van der Waals surface area (Å²) < 4.78 is 0. The van der Waals surface area contributed by atoms with Crippen molar-refractivity contribution in [2.75, 3.05) is 31.9 Å². The zero-order valence-corrected chi connectivity index (χ0v) is 14.1. The number of nitrogen functional groups attached to an aromatic ring is 1. The molecule has 2 aliphatic rings. The average molecular weight is 333 g/mol. The number of rotatable bonds is 4. The highest BCUT2D eigenvalue weighted by atomic mass is 32.2. The fraction of sp³-hybridized carbons (Fsp3) is 0.529. The number of carbonyl (C=O) groups excluding carboxylic acids is 2. The van der Waals surface area contributed by atoms with Gasteiger partial charge in [-0.2, -0.15) is 0 Å². The van der Waals surface area contributed by atoms with Crippen LogP contribution in [0.4, 0.5) is 5.69 Å². The lowest BCUT2D eigenvalue weighted by Crippen LogP contribution is -2.45.